The lowest BCUT2D eigenvalue weighted by molar-refractivity contribution is 0.649. The Kier molecular flexibility index (Phi) is 5.43. The topological polar surface area (TPSA) is 58.3 Å². The molecule has 0 unspecified atom stereocenters. The van der Waals surface area contributed by atoms with Crippen LogP contribution in [-0.2, 0) is 0 Å². The summed E-state index contributed by atoms with van der Waals surface area (Å²) in [6, 6.07) is 0. The number of hydrogen-bond donors (Lipinski definition) is 3. The smallest absolute Gasteiger partial charge is 0.0760 e. The second-order valence-electron chi connectivity index (χ2n) is 0.774. The molecule has 4 heteroatoms. The van der Waals surface area contributed by atoms with Gasteiger partial charge in [0.15, 0.2) is 0 Å². The van der Waals surface area contributed by atoms with Crippen molar-refractivity contribution in [3.05, 3.63) is 0 Å². The van der Waals surface area contributed by atoms with E-state index in [1.54, 1.807) is 0 Å². The normalized spacial score (nSPS) is 9.00. The Bertz CT molecular complexity index is 23.5. The fourth-order valence-corrected chi connectivity index (χ4v) is 0.314. The van der Waals surface area contributed by atoms with Crippen molar-refractivity contribution in [1.82, 2.24) is 4.72 Å². The van der Waals surface area contributed by atoms with Crippen LogP contribution >= 0.6 is 12.2 Å². The number of nitrogens with two attached hydrogens (primary N) is 1. The van der Waals surface area contributed by atoms with Crippen LogP contribution in [0.4, 0.5) is 0 Å². The van der Waals surface area contributed by atoms with Crippen LogP contribution in [0.15, 0.2) is 0 Å². The van der Waals surface area contributed by atoms with Gasteiger partial charge in [-0.15, -0.1) is 0 Å². The second-order valence-corrected chi connectivity index (χ2v) is 1.25. The molecular weight excluding hydrogens is 100 g/mol. The van der Waals surface area contributed by atoms with Crippen LogP contribution in [0.3, 0.4) is 0 Å². The fourth-order valence-electron chi connectivity index (χ4n) is 0.105. The van der Waals surface area contributed by atoms with Gasteiger partial charge in [-0.25, -0.2) is 4.72 Å². The third kappa shape index (κ3) is 4.23. The summed E-state index contributed by atoms with van der Waals surface area (Å²) >= 11 is 0.596. The Morgan fingerprint density at radius 2 is 2.50 bits per heavy atom. The number of nitrogens with one attached hydrogen (secondary N) is 1. The summed E-state index contributed by atoms with van der Waals surface area (Å²) in [6.07, 6.45) is 0. The van der Waals surface area contributed by atoms with Gasteiger partial charge in [0.25, 0.3) is 0 Å². The highest BCUT2D eigenvalue weighted by molar-refractivity contribution is 7.91. The van der Waals surface area contributed by atoms with E-state index in [4.69, 9.17) is 10.3 Å². The molecule has 0 saturated carbocycles. The summed E-state index contributed by atoms with van der Waals surface area (Å²) in [7, 11) is 0. The summed E-state index contributed by atoms with van der Waals surface area (Å²) in [5.74, 6) is 0. The van der Waals surface area contributed by atoms with Gasteiger partial charge >= 0.3 is 0 Å². The quantitative estimate of drug-likeness (QED) is 0.263. The Morgan fingerprint density at radius 1 is 1.83 bits per heavy atom. The van der Waals surface area contributed by atoms with Crippen molar-refractivity contribution in [1.29, 1.82) is 0 Å². The molecule has 0 rings (SSSR count). The van der Waals surface area contributed by atoms with Crippen molar-refractivity contribution < 1.29 is 4.55 Å². The van der Waals surface area contributed by atoms with Crippen molar-refractivity contribution in [3.63, 3.8) is 0 Å². The predicted octanol–water partition coefficient (Wildman–Crippen LogP) is -0.344. The van der Waals surface area contributed by atoms with Gasteiger partial charge in [0.05, 0.1) is 12.2 Å². The minimum Gasteiger partial charge on any atom is -0.329 e. The minimum atomic E-state index is 0.563. The highest BCUT2D eigenvalue weighted by Crippen LogP contribution is 1.74. The van der Waals surface area contributed by atoms with Gasteiger partial charge in [0, 0.05) is 13.1 Å². The van der Waals surface area contributed by atoms with Crippen molar-refractivity contribution in [3.8, 4) is 0 Å². The molecule has 0 aliphatic rings. The molecule has 0 radical (unpaired) electrons. The van der Waals surface area contributed by atoms with E-state index in [9.17, 15) is 0 Å². The molecule has 0 aromatic carbocycles. The lowest BCUT2D eigenvalue weighted by Crippen LogP contribution is -2.15. The van der Waals surface area contributed by atoms with Crippen LogP contribution in [0.2, 0.25) is 0 Å². The molecule has 0 spiro atoms. The average Bonchev–Trinajstić information content (AvgIpc) is 1.61. The van der Waals surface area contributed by atoms with E-state index in [-0.39, 0.29) is 0 Å². The molecule has 0 amide bonds. The molecule has 0 atom stereocenters. The molecular formula is C2H8N2OS. The first-order chi connectivity index (χ1) is 2.91. The maximum Gasteiger partial charge on any atom is 0.0760 e. The molecule has 0 fully saturated rings. The maximum atomic E-state index is 7.95. The van der Waals surface area contributed by atoms with Crippen molar-refractivity contribution >= 4 is 12.2 Å². The van der Waals surface area contributed by atoms with Gasteiger partial charge in [0.2, 0.25) is 0 Å². The van der Waals surface area contributed by atoms with E-state index in [1.807, 2.05) is 0 Å². The standard InChI is InChI=1S/C2H8N2OS/c3-1-2-4-6-5/h4-5H,1-3H2. The van der Waals surface area contributed by atoms with Gasteiger partial charge in [-0.3, -0.25) is 0 Å². The summed E-state index contributed by atoms with van der Waals surface area (Å²) in [5, 5.41) is 0. The highest BCUT2D eigenvalue weighted by atomic mass is 32.2. The van der Waals surface area contributed by atoms with Crippen LogP contribution in [-0.4, -0.2) is 17.6 Å². The molecule has 0 aliphatic heterocycles. The van der Waals surface area contributed by atoms with Crippen LogP contribution in [0, 0.1) is 0 Å². The molecule has 0 saturated heterocycles. The van der Waals surface area contributed by atoms with Crippen LogP contribution in [0.1, 0.15) is 0 Å². The van der Waals surface area contributed by atoms with E-state index in [1.165, 1.54) is 0 Å². The van der Waals surface area contributed by atoms with Crippen LogP contribution in [0.5, 0.6) is 0 Å². The van der Waals surface area contributed by atoms with Gasteiger partial charge in [-0.2, -0.15) is 0 Å². The molecule has 3 nitrogen and oxygen atoms in total. The minimum absolute atomic E-state index is 0.563. The Morgan fingerprint density at radius 3 is 2.67 bits per heavy atom. The fraction of sp³-hybridized carbons (Fsp3) is 1.00. The lowest BCUT2D eigenvalue weighted by Gasteiger charge is -1.89. The second kappa shape index (κ2) is 5.23. The van der Waals surface area contributed by atoms with E-state index < -0.39 is 0 Å². The molecule has 6 heavy (non-hydrogen) atoms. The Balaban J connectivity index is 2.34. The molecule has 0 aromatic heterocycles. The first-order valence-electron chi connectivity index (χ1n) is 1.65. The zero-order valence-electron chi connectivity index (χ0n) is 3.35. The molecule has 38 valence electrons. The van der Waals surface area contributed by atoms with Crippen molar-refractivity contribution in [2.45, 2.75) is 0 Å². The zero-order chi connectivity index (χ0) is 4.83. The average molecular weight is 108 g/mol. The SMILES string of the molecule is NCCNSO. The molecule has 4 N–H and O–H groups in total. The lowest BCUT2D eigenvalue weighted by atomic mass is 10.7. The van der Waals surface area contributed by atoms with Crippen molar-refractivity contribution in [2.75, 3.05) is 13.1 Å². The van der Waals surface area contributed by atoms with E-state index in [2.05, 4.69) is 4.72 Å². The Labute approximate surface area is 41.3 Å². The van der Waals surface area contributed by atoms with Gasteiger partial charge in [-0.05, 0) is 0 Å². The summed E-state index contributed by atoms with van der Waals surface area (Å²) in [6.45, 7) is 1.22. The molecule has 0 aliphatic carbocycles. The van der Waals surface area contributed by atoms with E-state index in [0.29, 0.717) is 25.3 Å². The first-order valence-corrected chi connectivity index (χ1v) is 2.42. The summed E-state index contributed by atoms with van der Waals surface area (Å²) in [5.41, 5.74) is 5.03. The van der Waals surface area contributed by atoms with Gasteiger partial charge < -0.3 is 10.3 Å². The summed E-state index contributed by atoms with van der Waals surface area (Å²) in [4.78, 5) is 0. The summed E-state index contributed by atoms with van der Waals surface area (Å²) < 4.78 is 10.5. The van der Waals surface area contributed by atoms with E-state index >= 15 is 0 Å². The highest BCUT2D eigenvalue weighted by Gasteiger charge is 1.73. The third-order valence-corrected chi connectivity index (χ3v) is 0.644. The predicted molar refractivity (Wildman–Crippen MR) is 27.3 cm³/mol. The van der Waals surface area contributed by atoms with Crippen LogP contribution < -0.4 is 10.5 Å². The zero-order valence-corrected chi connectivity index (χ0v) is 4.16. The number of rotatable bonds is 3. The van der Waals surface area contributed by atoms with Gasteiger partial charge in [0.1, 0.15) is 0 Å². The van der Waals surface area contributed by atoms with Crippen LogP contribution in [0.25, 0.3) is 0 Å². The largest absolute Gasteiger partial charge is 0.329 e. The Hall–Kier alpha value is 0.230. The molecule has 0 heterocycles. The maximum absolute atomic E-state index is 7.95. The first kappa shape index (κ1) is 6.23. The molecule has 0 aromatic rings. The number of hydrogen-bond acceptors (Lipinski definition) is 4. The monoisotopic (exact) mass is 108 g/mol. The van der Waals surface area contributed by atoms with Crippen molar-refractivity contribution in [2.24, 2.45) is 5.73 Å². The van der Waals surface area contributed by atoms with E-state index in [0.717, 1.165) is 0 Å². The van der Waals surface area contributed by atoms with Gasteiger partial charge in [-0.1, -0.05) is 0 Å². The third-order valence-electron chi connectivity index (χ3n) is 0.311. The molecule has 0 bridgehead atoms.